The Kier molecular flexibility index (Phi) is 3.58. The molecule has 130 valence electrons. The van der Waals surface area contributed by atoms with Gasteiger partial charge in [-0.15, -0.1) is 0 Å². The molecule has 0 aliphatic rings. The van der Waals surface area contributed by atoms with E-state index in [2.05, 4.69) is 10.3 Å². The third-order valence-corrected chi connectivity index (χ3v) is 4.07. The molecule has 26 heavy (non-hydrogen) atoms. The van der Waals surface area contributed by atoms with Crippen LogP contribution in [0.3, 0.4) is 0 Å². The van der Waals surface area contributed by atoms with Crippen molar-refractivity contribution in [2.24, 2.45) is 0 Å². The maximum absolute atomic E-state index is 12.4. The molecule has 0 saturated heterocycles. The van der Waals surface area contributed by atoms with Gasteiger partial charge in [-0.2, -0.15) is 0 Å². The maximum Gasteiger partial charge on any atom is 0.287 e. The number of hydrogen-bond donors (Lipinski definition) is 2. The molecule has 0 radical (unpaired) electrons. The Morgan fingerprint density at radius 2 is 2.00 bits per heavy atom. The summed E-state index contributed by atoms with van der Waals surface area (Å²) in [6.07, 6.45) is 1.16. The Morgan fingerprint density at radius 1 is 1.19 bits per heavy atom. The predicted octanol–water partition coefficient (Wildman–Crippen LogP) is 4.08. The van der Waals surface area contributed by atoms with Crippen molar-refractivity contribution < 1.29 is 18.9 Å². The van der Waals surface area contributed by atoms with Gasteiger partial charge in [-0.3, -0.25) is 14.9 Å². The third kappa shape index (κ3) is 2.53. The van der Waals surface area contributed by atoms with Gasteiger partial charge in [0.25, 0.3) is 11.6 Å². The molecule has 1 amide bonds. The van der Waals surface area contributed by atoms with Crippen molar-refractivity contribution in [3.05, 3.63) is 64.5 Å². The zero-order valence-corrected chi connectivity index (χ0v) is 13.6. The van der Waals surface area contributed by atoms with Gasteiger partial charge in [-0.1, -0.05) is 18.2 Å². The van der Waals surface area contributed by atoms with Gasteiger partial charge in [0, 0.05) is 22.9 Å². The van der Waals surface area contributed by atoms with Crippen LogP contribution in [0, 0.1) is 10.1 Å². The normalized spacial score (nSPS) is 11.0. The summed E-state index contributed by atoms with van der Waals surface area (Å²) in [4.78, 5) is 25.1. The molecule has 8 nitrogen and oxygen atoms in total. The van der Waals surface area contributed by atoms with Crippen LogP contribution in [0.5, 0.6) is 5.75 Å². The van der Waals surface area contributed by atoms with Gasteiger partial charge < -0.3 is 19.5 Å². The summed E-state index contributed by atoms with van der Waals surface area (Å²) in [7, 11) is 1.50. The molecule has 0 bridgehead atoms. The van der Waals surface area contributed by atoms with Crippen LogP contribution in [-0.4, -0.2) is 22.9 Å². The van der Waals surface area contributed by atoms with Crippen molar-refractivity contribution in [2.75, 3.05) is 12.4 Å². The number of H-pyrrole nitrogens is 1. The molecule has 0 fully saturated rings. The fourth-order valence-corrected chi connectivity index (χ4v) is 2.83. The topological polar surface area (TPSA) is 110 Å². The van der Waals surface area contributed by atoms with E-state index >= 15 is 0 Å². The molecule has 0 aliphatic carbocycles. The molecule has 0 atom stereocenters. The van der Waals surface area contributed by atoms with Crippen LogP contribution in [-0.2, 0) is 0 Å². The number of hydrogen-bond acceptors (Lipinski definition) is 5. The number of para-hydroxylation sites is 1. The smallest absolute Gasteiger partial charge is 0.287 e. The van der Waals surface area contributed by atoms with Gasteiger partial charge in [-0.25, -0.2) is 0 Å². The minimum atomic E-state index is -0.575. The fraction of sp³-hybridized carbons (Fsp3) is 0.0556. The van der Waals surface area contributed by atoms with E-state index in [1.54, 1.807) is 12.1 Å². The summed E-state index contributed by atoms with van der Waals surface area (Å²) in [6, 6.07) is 12.2. The standard InChI is InChI=1S/C18H13N3O5/c1-25-17-7-12-11-4-2-3-5-15(11)26-16(12)8-13(17)20-18(22)14-6-10(9-19-14)21(23)24/h2-9,19H,1H3,(H,20,22). The predicted molar refractivity (Wildman–Crippen MR) is 95.7 cm³/mol. The highest BCUT2D eigenvalue weighted by molar-refractivity contribution is 6.09. The first-order chi connectivity index (χ1) is 12.6. The summed E-state index contributed by atoms with van der Waals surface area (Å²) in [5, 5.41) is 15.2. The van der Waals surface area contributed by atoms with Crippen molar-refractivity contribution in [2.45, 2.75) is 0 Å². The summed E-state index contributed by atoms with van der Waals surface area (Å²) in [5.74, 6) is -0.0645. The number of carbonyl (C=O) groups excluding carboxylic acids is 1. The third-order valence-electron chi connectivity index (χ3n) is 4.07. The Hall–Kier alpha value is -3.81. The van der Waals surface area contributed by atoms with Gasteiger partial charge >= 0.3 is 0 Å². The molecule has 2 aromatic heterocycles. The molecule has 8 heteroatoms. The highest BCUT2D eigenvalue weighted by Crippen LogP contribution is 2.36. The molecule has 4 rings (SSSR count). The molecule has 0 aliphatic heterocycles. The van der Waals surface area contributed by atoms with Gasteiger partial charge in [0.2, 0.25) is 0 Å². The molecular weight excluding hydrogens is 338 g/mol. The molecular formula is C18H13N3O5. The lowest BCUT2D eigenvalue weighted by Gasteiger charge is -2.09. The monoisotopic (exact) mass is 351 g/mol. The van der Waals surface area contributed by atoms with E-state index in [1.165, 1.54) is 13.2 Å². The first-order valence-corrected chi connectivity index (χ1v) is 7.70. The number of amides is 1. The minimum absolute atomic E-state index is 0.0726. The van der Waals surface area contributed by atoms with Gasteiger partial charge in [-0.05, 0) is 12.1 Å². The van der Waals surface area contributed by atoms with E-state index < -0.39 is 10.8 Å². The number of aromatic nitrogens is 1. The molecule has 0 saturated carbocycles. The van der Waals surface area contributed by atoms with Crippen LogP contribution in [0.4, 0.5) is 11.4 Å². The largest absolute Gasteiger partial charge is 0.495 e. The zero-order chi connectivity index (χ0) is 18.3. The summed E-state index contributed by atoms with van der Waals surface area (Å²) < 4.78 is 11.2. The maximum atomic E-state index is 12.4. The quantitative estimate of drug-likeness (QED) is 0.425. The van der Waals surface area contributed by atoms with Crippen molar-refractivity contribution in [3.8, 4) is 5.75 Å². The van der Waals surface area contributed by atoms with E-state index in [-0.39, 0.29) is 11.4 Å². The van der Waals surface area contributed by atoms with Gasteiger partial charge in [0.15, 0.2) is 0 Å². The summed E-state index contributed by atoms with van der Waals surface area (Å²) in [6.45, 7) is 0. The Bertz CT molecular complexity index is 1160. The second-order valence-corrected chi connectivity index (χ2v) is 5.63. The number of fused-ring (bicyclic) bond motifs is 3. The zero-order valence-electron chi connectivity index (χ0n) is 13.6. The number of aromatic amines is 1. The number of anilines is 1. The Morgan fingerprint density at radius 3 is 2.73 bits per heavy atom. The van der Waals surface area contributed by atoms with Crippen LogP contribution < -0.4 is 10.1 Å². The Balaban J connectivity index is 1.73. The van der Waals surface area contributed by atoms with E-state index in [9.17, 15) is 14.9 Å². The second-order valence-electron chi connectivity index (χ2n) is 5.63. The highest BCUT2D eigenvalue weighted by Gasteiger charge is 2.18. The number of methoxy groups -OCH3 is 1. The molecule has 4 aromatic rings. The minimum Gasteiger partial charge on any atom is -0.495 e. The van der Waals surface area contributed by atoms with Crippen molar-refractivity contribution in [1.29, 1.82) is 0 Å². The van der Waals surface area contributed by atoms with Crippen LogP contribution in [0.2, 0.25) is 0 Å². The summed E-state index contributed by atoms with van der Waals surface area (Å²) >= 11 is 0. The van der Waals surface area contributed by atoms with Crippen LogP contribution in [0.25, 0.3) is 21.9 Å². The van der Waals surface area contributed by atoms with E-state index in [0.717, 1.165) is 22.6 Å². The highest BCUT2D eigenvalue weighted by atomic mass is 16.6. The average molecular weight is 351 g/mol. The summed E-state index contributed by atoms with van der Waals surface area (Å²) in [5.41, 5.74) is 1.62. The lowest BCUT2D eigenvalue weighted by molar-refractivity contribution is -0.384. The van der Waals surface area contributed by atoms with Crippen molar-refractivity contribution in [3.63, 3.8) is 0 Å². The molecule has 0 spiro atoms. The molecule has 2 heterocycles. The number of furan rings is 1. The SMILES string of the molecule is COc1cc2c(cc1NC(=O)c1cc([N+](=O)[O-])c[nH]1)oc1ccccc12. The van der Waals surface area contributed by atoms with Crippen molar-refractivity contribution in [1.82, 2.24) is 4.98 Å². The number of rotatable bonds is 4. The number of nitrogens with one attached hydrogen (secondary N) is 2. The number of nitro groups is 1. The molecule has 0 unspecified atom stereocenters. The van der Waals surface area contributed by atoms with Gasteiger partial charge in [0.05, 0.1) is 23.9 Å². The number of nitrogens with zero attached hydrogens (tertiary/aromatic N) is 1. The fourth-order valence-electron chi connectivity index (χ4n) is 2.83. The van der Waals surface area contributed by atoms with Crippen molar-refractivity contribution >= 4 is 39.2 Å². The van der Waals surface area contributed by atoms with E-state index in [4.69, 9.17) is 9.15 Å². The average Bonchev–Trinajstić information content (AvgIpc) is 3.25. The van der Waals surface area contributed by atoms with Crippen LogP contribution in [0.1, 0.15) is 10.5 Å². The Labute approximate surface area is 146 Å². The molecule has 2 aromatic carbocycles. The number of benzene rings is 2. The first kappa shape index (κ1) is 15.7. The number of carbonyl (C=O) groups is 1. The first-order valence-electron chi connectivity index (χ1n) is 7.70. The van der Waals surface area contributed by atoms with Crippen LogP contribution >= 0.6 is 0 Å². The second kappa shape index (κ2) is 5.92. The van der Waals surface area contributed by atoms with Crippen LogP contribution in [0.15, 0.2) is 53.1 Å². The van der Waals surface area contributed by atoms with E-state index in [0.29, 0.717) is 17.0 Å². The van der Waals surface area contributed by atoms with E-state index in [1.807, 2.05) is 24.3 Å². The lowest BCUT2D eigenvalue weighted by atomic mass is 10.1. The molecule has 2 N–H and O–H groups in total. The lowest BCUT2D eigenvalue weighted by Crippen LogP contribution is -2.13. The number of ether oxygens (including phenoxy) is 1. The van der Waals surface area contributed by atoms with Gasteiger partial charge in [0.1, 0.15) is 22.6 Å².